The molecule has 1 atom stereocenters. The summed E-state index contributed by atoms with van der Waals surface area (Å²) < 4.78 is 43.8. The van der Waals surface area contributed by atoms with Crippen molar-refractivity contribution in [2.75, 3.05) is 19.0 Å². The first kappa shape index (κ1) is 18.1. The largest absolute Gasteiger partial charge is 0.416 e. The molecule has 1 unspecified atom stereocenters. The van der Waals surface area contributed by atoms with Crippen molar-refractivity contribution < 1.29 is 13.2 Å². The lowest BCUT2D eigenvalue weighted by Gasteiger charge is -2.13. The number of halogens is 5. The smallest absolute Gasteiger partial charge is 0.383 e. The number of anilines is 1. The van der Waals surface area contributed by atoms with Crippen LogP contribution >= 0.6 is 23.2 Å². The van der Waals surface area contributed by atoms with Gasteiger partial charge in [-0.05, 0) is 25.3 Å². The van der Waals surface area contributed by atoms with Crippen LogP contribution in [0.3, 0.4) is 0 Å². The number of hydrogen-bond acceptors (Lipinski definition) is 3. The highest BCUT2D eigenvalue weighted by molar-refractivity contribution is 7.86. The molecule has 2 rings (SSSR count). The van der Waals surface area contributed by atoms with Crippen molar-refractivity contribution in [3.8, 4) is 5.69 Å². The van der Waals surface area contributed by atoms with E-state index in [-0.39, 0.29) is 21.6 Å². The van der Waals surface area contributed by atoms with E-state index < -0.39 is 22.4 Å². The lowest BCUT2D eigenvalue weighted by molar-refractivity contribution is -0.137. The number of hydrogen-bond donors (Lipinski definition) is 1. The normalized spacial score (nSPS) is 13.6. The van der Waals surface area contributed by atoms with Crippen LogP contribution in [0.5, 0.6) is 0 Å². The highest BCUT2D eigenvalue weighted by Crippen LogP contribution is 2.38. The van der Waals surface area contributed by atoms with E-state index in [1.165, 1.54) is 4.68 Å². The second-order valence-corrected chi connectivity index (χ2v) is 7.20. The molecule has 0 aliphatic carbocycles. The first-order valence-corrected chi connectivity index (χ1v) is 8.60. The van der Waals surface area contributed by atoms with Gasteiger partial charge in [-0.3, -0.25) is 4.36 Å². The molecular weight excluding hydrogens is 372 g/mol. The lowest BCUT2D eigenvalue weighted by Crippen LogP contribution is -2.09. The van der Waals surface area contributed by atoms with Crippen molar-refractivity contribution in [3.63, 3.8) is 0 Å². The van der Waals surface area contributed by atoms with Crippen LogP contribution in [0, 0.1) is 6.92 Å². The third-order valence-corrected chi connectivity index (χ3v) is 5.38. The molecular formula is C13H13Cl2F3N4S. The fourth-order valence-electron chi connectivity index (χ4n) is 2.09. The van der Waals surface area contributed by atoms with Gasteiger partial charge >= 0.3 is 6.18 Å². The van der Waals surface area contributed by atoms with Gasteiger partial charge in [0.15, 0.2) is 0 Å². The molecule has 0 fully saturated rings. The summed E-state index contributed by atoms with van der Waals surface area (Å²) in [5, 5.41) is 3.88. The molecule has 0 spiro atoms. The predicted molar refractivity (Wildman–Crippen MR) is 87.6 cm³/mol. The standard InChI is InChI=1S/C13H13Cl2F3N4S/c1-6-11(23(3)20-2)12(19)22(21-6)10-8(14)4-7(5-9(10)15)13(16,17)18/h4-5H,19H2,1-3H3. The van der Waals surface area contributed by atoms with Crippen molar-refractivity contribution >= 4 is 39.7 Å². The minimum absolute atomic E-state index is 0.112. The van der Waals surface area contributed by atoms with Gasteiger partial charge in [0.1, 0.15) is 11.5 Å². The Hall–Kier alpha value is -1.25. The zero-order valence-electron chi connectivity index (χ0n) is 12.4. The Morgan fingerprint density at radius 2 is 1.78 bits per heavy atom. The molecule has 23 heavy (non-hydrogen) atoms. The van der Waals surface area contributed by atoms with Crippen LogP contribution in [0.2, 0.25) is 10.0 Å². The van der Waals surface area contributed by atoms with Gasteiger partial charge in [0.05, 0.1) is 26.2 Å². The quantitative estimate of drug-likeness (QED) is 0.827. The van der Waals surface area contributed by atoms with Gasteiger partial charge in [0.25, 0.3) is 0 Å². The minimum Gasteiger partial charge on any atom is -0.383 e. The van der Waals surface area contributed by atoms with Gasteiger partial charge in [-0.15, -0.1) is 0 Å². The van der Waals surface area contributed by atoms with Crippen LogP contribution in [0.4, 0.5) is 19.0 Å². The molecule has 2 aromatic rings. The summed E-state index contributed by atoms with van der Waals surface area (Å²) in [6.45, 7) is 1.74. The van der Waals surface area contributed by atoms with Crippen molar-refractivity contribution in [2.45, 2.75) is 18.0 Å². The Balaban J connectivity index is 2.70. The van der Waals surface area contributed by atoms with Crippen LogP contribution in [0.1, 0.15) is 11.3 Å². The monoisotopic (exact) mass is 384 g/mol. The van der Waals surface area contributed by atoms with Crippen molar-refractivity contribution in [1.82, 2.24) is 9.78 Å². The summed E-state index contributed by atoms with van der Waals surface area (Å²) in [5.74, 6) is 0.252. The van der Waals surface area contributed by atoms with Crippen LogP contribution in [-0.4, -0.2) is 23.1 Å². The molecule has 4 nitrogen and oxygen atoms in total. The fraction of sp³-hybridized carbons (Fsp3) is 0.308. The van der Waals surface area contributed by atoms with Crippen molar-refractivity contribution in [3.05, 3.63) is 33.4 Å². The summed E-state index contributed by atoms with van der Waals surface area (Å²) in [7, 11) is 1.15. The number of benzene rings is 1. The van der Waals surface area contributed by atoms with Gasteiger partial charge in [-0.1, -0.05) is 33.9 Å². The molecule has 0 bridgehead atoms. The third kappa shape index (κ3) is 3.34. The molecule has 0 aliphatic rings. The second-order valence-electron chi connectivity index (χ2n) is 4.66. The van der Waals surface area contributed by atoms with Gasteiger partial charge in [-0.25, -0.2) is 4.68 Å². The number of nitrogen functional groups attached to an aromatic ring is 1. The van der Waals surface area contributed by atoms with E-state index in [0.717, 1.165) is 12.1 Å². The minimum atomic E-state index is -4.54. The first-order chi connectivity index (χ1) is 10.6. The van der Waals surface area contributed by atoms with E-state index in [9.17, 15) is 13.2 Å². The van der Waals surface area contributed by atoms with E-state index in [4.69, 9.17) is 28.9 Å². The number of aromatic nitrogens is 2. The van der Waals surface area contributed by atoms with Crippen LogP contribution < -0.4 is 5.73 Å². The number of alkyl halides is 3. The maximum absolute atomic E-state index is 12.8. The van der Waals surface area contributed by atoms with Gasteiger partial charge in [0, 0.05) is 7.05 Å². The SMILES string of the molecule is CN=S(C)c1c(C)nn(-c2c(Cl)cc(C(F)(F)F)cc2Cl)c1N. The first-order valence-electron chi connectivity index (χ1n) is 6.25. The molecule has 126 valence electrons. The second kappa shape index (κ2) is 6.33. The molecule has 0 saturated carbocycles. The Morgan fingerprint density at radius 3 is 2.22 bits per heavy atom. The summed E-state index contributed by atoms with van der Waals surface area (Å²) >= 11 is 12.0. The van der Waals surface area contributed by atoms with E-state index in [1.54, 1.807) is 14.0 Å². The average molecular weight is 385 g/mol. The molecule has 0 aliphatic heterocycles. The summed E-state index contributed by atoms with van der Waals surface area (Å²) in [5.41, 5.74) is 5.88. The van der Waals surface area contributed by atoms with Gasteiger partial charge in [-0.2, -0.15) is 18.3 Å². The number of nitrogens with two attached hydrogens (primary N) is 1. The Morgan fingerprint density at radius 1 is 1.26 bits per heavy atom. The number of aryl methyl sites for hydroxylation is 1. The van der Waals surface area contributed by atoms with E-state index >= 15 is 0 Å². The van der Waals surface area contributed by atoms with Crippen LogP contribution in [-0.2, 0) is 16.9 Å². The van der Waals surface area contributed by atoms with Gasteiger partial charge < -0.3 is 5.73 Å². The Kier molecular flexibility index (Phi) is 4.98. The Labute approximate surface area is 143 Å². The van der Waals surface area contributed by atoms with Crippen LogP contribution in [0.25, 0.3) is 5.69 Å². The summed E-state index contributed by atoms with van der Waals surface area (Å²) in [6, 6.07) is 1.60. The van der Waals surface area contributed by atoms with Gasteiger partial charge in [0.2, 0.25) is 0 Å². The molecule has 10 heteroatoms. The Bertz CT molecular complexity index is 776. The molecule has 0 amide bonds. The highest BCUT2D eigenvalue weighted by Gasteiger charge is 2.32. The highest BCUT2D eigenvalue weighted by atomic mass is 35.5. The maximum Gasteiger partial charge on any atom is 0.416 e. The molecule has 1 heterocycles. The molecule has 0 radical (unpaired) electrons. The number of nitrogens with zero attached hydrogens (tertiary/aromatic N) is 3. The van der Waals surface area contributed by atoms with Crippen LogP contribution in [0.15, 0.2) is 21.4 Å². The zero-order chi connectivity index (χ0) is 17.5. The van der Waals surface area contributed by atoms with E-state index in [2.05, 4.69) is 9.46 Å². The van der Waals surface area contributed by atoms with Crippen molar-refractivity contribution in [1.29, 1.82) is 0 Å². The van der Waals surface area contributed by atoms with E-state index in [0.29, 0.717) is 10.6 Å². The maximum atomic E-state index is 12.8. The predicted octanol–water partition coefficient (Wildman–Crippen LogP) is 4.51. The lowest BCUT2D eigenvalue weighted by atomic mass is 10.2. The molecule has 1 aromatic carbocycles. The topological polar surface area (TPSA) is 56.2 Å². The van der Waals surface area contributed by atoms with Crippen molar-refractivity contribution in [2.24, 2.45) is 4.36 Å². The fourth-order valence-corrected chi connectivity index (χ4v) is 3.78. The third-order valence-electron chi connectivity index (χ3n) is 3.16. The average Bonchev–Trinajstić information content (AvgIpc) is 2.71. The molecule has 0 saturated heterocycles. The summed E-state index contributed by atoms with van der Waals surface area (Å²) in [6.07, 6.45) is -2.68. The zero-order valence-corrected chi connectivity index (χ0v) is 14.7. The molecule has 2 N–H and O–H groups in total. The van der Waals surface area contributed by atoms with E-state index in [1.807, 2.05) is 6.26 Å². The molecule has 1 aromatic heterocycles. The number of rotatable bonds is 2. The summed E-state index contributed by atoms with van der Waals surface area (Å²) in [4.78, 5) is 0.708.